The van der Waals surface area contributed by atoms with Crippen LogP contribution in [0.4, 0.5) is 10.1 Å². The number of sulfone groups is 1. The smallest absolute Gasteiger partial charge is 0.181 e. The quantitative estimate of drug-likeness (QED) is 0.799. The van der Waals surface area contributed by atoms with Crippen LogP contribution in [0.2, 0.25) is 0 Å². The molecule has 0 spiro atoms. The lowest BCUT2D eigenvalue weighted by Crippen LogP contribution is -2.29. The molecule has 0 aromatic heterocycles. The van der Waals surface area contributed by atoms with Crippen LogP contribution >= 0.6 is 0 Å². The number of hydrogen-bond acceptors (Lipinski definition) is 4. The van der Waals surface area contributed by atoms with Crippen LogP contribution in [-0.4, -0.2) is 38.7 Å². The summed E-state index contributed by atoms with van der Waals surface area (Å²) in [6, 6.07) is 3.41. The fraction of sp³-hybridized carbons (Fsp3) is 0.500. The number of hydrogen-bond donors (Lipinski definition) is 1. The van der Waals surface area contributed by atoms with Crippen molar-refractivity contribution in [3.8, 4) is 0 Å². The molecule has 6 heteroatoms. The molecule has 18 heavy (non-hydrogen) atoms. The summed E-state index contributed by atoms with van der Waals surface area (Å²) in [5.41, 5.74) is 5.68. The lowest BCUT2D eigenvalue weighted by Gasteiger charge is -2.18. The number of nitrogen functional groups attached to an aromatic ring is 1. The summed E-state index contributed by atoms with van der Waals surface area (Å²) >= 11 is 0. The van der Waals surface area contributed by atoms with Gasteiger partial charge >= 0.3 is 0 Å². The van der Waals surface area contributed by atoms with E-state index in [2.05, 4.69) is 0 Å². The summed E-state index contributed by atoms with van der Waals surface area (Å²) in [5.74, 6) is -0.645. The molecule has 2 N–H and O–H groups in total. The second kappa shape index (κ2) is 6.15. The van der Waals surface area contributed by atoms with Crippen molar-refractivity contribution in [3.05, 3.63) is 24.0 Å². The van der Waals surface area contributed by atoms with Gasteiger partial charge in [-0.2, -0.15) is 0 Å². The van der Waals surface area contributed by atoms with Gasteiger partial charge in [0.25, 0.3) is 0 Å². The maximum absolute atomic E-state index is 13.1. The van der Waals surface area contributed by atoms with E-state index >= 15 is 0 Å². The molecule has 0 saturated heterocycles. The van der Waals surface area contributed by atoms with Crippen molar-refractivity contribution in [2.45, 2.75) is 18.7 Å². The molecular weight excluding hydrogens is 255 g/mol. The average molecular weight is 274 g/mol. The van der Waals surface area contributed by atoms with E-state index in [4.69, 9.17) is 5.73 Å². The fourth-order valence-electron chi connectivity index (χ4n) is 1.68. The highest BCUT2D eigenvalue weighted by Gasteiger charge is 2.19. The topological polar surface area (TPSA) is 63.4 Å². The number of nitrogens with two attached hydrogens (primary N) is 1. The normalized spacial score (nSPS) is 12.0. The van der Waals surface area contributed by atoms with Crippen molar-refractivity contribution in [3.63, 3.8) is 0 Å². The highest BCUT2D eigenvalue weighted by atomic mass is 32.2. The van der Waals surface area contributed by atoms with Gasteiger partial charge < -0.3 is 10.6 Å². The van der Waals surface area contributed by atoms with Gasteiger partial charge in [0.2, 0.25) is 0 Å². The average Bonchev–Trinajstić information content (AvgIpc) is 2.33. The minimum Gasteiger partial charge on any atom is -0.398 e. The highest BCUT2D eigenvalue weighted by molar-refractivity contribution is 7.91. The van der Waals surface area contributed by atoms with Crippen LogP contribution < -0.4 is 5.73 Å². The summed E-state index contributed by atoms with van der Waals surface area (Å²) < 4.78 is 37.2. The molecule has 0 saturated carbocycles. The standard InChI is InChI=1S/C12H19FN2O2S/c1-3-15(4-2)7-8-18(16,17)12-9-10(13)5-6-11(12)14/h5-6,9H,3-4,7-8,14H2,1-2H3. The van der Waals surface area contributed by atoms with Crippen LogP contribution in [0, 0.1) is 5.82 Å². The molecule has 0 amide bonds. The number of rotatable bonds is 6. The lowest BCUT2D eigenvalue weighted by molar-refractivity contribution is 0.321. The van der Waals surface area contributed by atoms with E-state index in [9.17, 15) is 12.8 Å². The van der Waals surface area contributed by atoms with Crippen LogP contribution in [0.5, 0.6) is 0 Å². The van der Waals surface area contributed by atoms with Crippen molar-refractivity contribution in [1.82, 2.24) is 4.90 Å². The molecular formula is C12H19FN2O2S. The van der Waals surface area contributed by atoms with Crippen LogP contribution in [0.15, 0.2) is 23.1 Å². The second-order valence-corrected chi connectivity index (χ2v) is 6.11. The largest absolute Gasteiger partial charge is 0.398 e. The van der Waals surface area contributed by atoms with E-state index in [0.717, 1.165) is 25.2 Å². The van der Waals surface area contributed by atoms with Crippen molar-refractivity contribution in [2.75, 3.05) is 31.1 Å². The van der Waals surface area contributed by atoms with Crippen molar-refractivity contribution < 1.29 is 12.8 Å². The van der Waals surface area contributed by atoms with E-state index in [-0.39, 0.29) is 16.3 Å². The van der Waals surface area contributed by atoms with Gasteiger partial charge in [0, 0.05) is 6.54 Å². The Bertz CT molecular complexity index is 499. The minimum absolute atomic E-state index is 0.0532. The Morgan fingerprint density at radius 2 is 1.89 bits per heavy atom. The predicted molar refractivity (Wildman–Crippen MR) is 70.7 cm³/mol. The van der Waals surface area contributed by atoms with Crippen molar-refractivity contribution in [2.24, 2.45) is 0 Å². The number of anilines is 1. The Kier molecular flexibility index (Phi) is 5.10. The molecule has 0 aliphatic heterocycles. The Morgan fingerprint density at radius 1 is 1.28 bits per heavy atom. The first-order valence-electron chi connectivity index (χ1n) is 5.90. The third-order valence-corrected chi connectivity index (χ3v) is 4.63. The monoisotopic (exact) mass is 274 g/mol. The molecule has 0 heterocycles. The van der Waals surface area contributed by atoms with Gasteiger partial charge in [-0.25, -0.2) is 12.8 Å². The molecule has 0 radical (unpaired) electrons. The molecule has 1 aromatic rings. The van der Waals surface area contributed by atoms with Gasteiger partial charge in [-0.15, -0.1) is 0 Å². The maximum atomic E-state index is 13.1. The van der Waals surface area contributed by atoms with E-state index in [1.165, 1.54) is 6.07 Å². The molecule has 0 atom stereocenters. The van der Waals surface area contributed by atoms with Gasteiger partial charge in [0.15, 0.2) is 9.84 Å². The zero-order valence-corrected chi connectivity index (χ0v) is 11.5. The molecule has 0 unspecified atom stereocenters. The first-order valence-corrected chi connectivity index (χ1v) is 7.56. The summed E-state index contributed by atoms with van der Waals surface area (Å²) in [4.78, 5) is 1.88. The Labute approximate surface area is 108 Å². The van der Waals surface area contributed by atoms with Gasteiger partial charge in [-0.1, -0.05) is 13.8 Å². The highest BCUT2D eigenvalue weighted by Crippen LogP contribution is 2.20. The lowest BCUT2D eigenvalue weighted by atomic mass is 10.3. The third-order valence-electron chi connectivity index (χ3n) is 2.88. The summed E-state index contributed by atoms with van der Waals surface area (Å²) in [5, 5.41) is 0. The number of halogens is 1. The van der Waals surface area contributed by atoms with Gasteiger partial charge in [0.1, 0.15) is 5.82 Å². The number of nitrogens with zero attached hydrogens (tertiary/aromatic N) is 1. The predicted octanol–water partition coefficient (Wildman–Crippen LogP) is 1.52. The molecule has 1 aromatic carbocycles. The van der Waals surface area contributed by atoms with Crippen molar-refractivity contribution >= 4 is 15.5 Å². The molecule has 0 bridgehead atoms. The first-order chi connectivity index (χ1) is 8.40. The zero-order valence-electron chi connectivity index (χ0n) is 10.7. The van der Waals surface area contributed by atoms with Crippen LogP contribution in [0.25, 0.3) is 0 Å². The van der Waals surface area contributed by atoms with Crippen LogP contribution in [0.3, 0.4) is 0 Å². The van der Waals surface area contributed by atoms with E-state index in [1.807, 2.05) is 18.7 Å². The molecule has 0 aliphatic carbocycles. The molecule has 1 rings (SSSR count). The Hall–Kier alpha value is -1.14. The van der Waals surface area contributed by atoms with Crippen LogP contribution in [-0.2, 0) is 9.84 Å². The first kappa shape index (κ1) is 14.9. The zero-order chi connectivity index (χ0) is 13.8. The summed E-state index contributed by atoms with van der Waals surface area (Å²) in [6.07, 6.45) is 0. The Balaban J connectivity index is 2.89. The van der Waals surface area contributed by atoms with Gasteiger partial charge in [-0.05, 0) is 31.3 Å². The summed E-state index contributed by atoms with van der Waals surface area (Å²) in [7, 11) is -3.54. The molecule has 0 fully saturated rings. The molecule has 0 aliphatic rings. The van der Waals surface area contributed by atoms with Gasteiger partial charge in [-0.3, -0.25) is 0 Å². The number of benzene rings is 1. The Morgan fingerprint density at radius 3 is 2.44 bits per heavy atom. The van der Waals surface area contributed by atoms with Crippen molar-refractivity contribution in [1.29, 1.82) is 0 Å². The van der Waals surface area contributed by atoms with E-state index in [1.54, 1.807) is 0 Å². The maximum Gasteiger partial charge on any atom is 0.181 e. The fourth-order valence-corrected chi connectivity index (χ4v) is 3.11. The van der Waals surface area contributed by atoms with E-state index < -0.39 is 15.7 Å². The second-order valence-electron chi connectivity index (χ2n) is 4.03. The van der Waals surface area contributed by atoms with E-state index in [0.29, 0.717) is 6.54 Å². The minimum atomic E-state index is -3.54. The third kappa shape index (κ3) is 3.68. The molecule has 102 valence electrons. The van der Waals surface area contributed by atoms with Gasteiger partial charge in [0.05, 0.1) is 16.3 Å². The SMILES string of the molecule is CCN(CC)CCS(=O)(=O)c1cc(F)ccc1N. The molecule has 4 nitrogen and oxygen atoms in total. The van der Waals surface area contributed by atoms with Crippen LogP contribution in [0.1, 0.15) is 13.8 Å². The summed E-state index contributed by atoms with van der Waals surface area (Å²) in [6.45, 7) is 5.92.